The van der Waals surface area contributed by atoms with Crippen molar-refractivity contribution in [3.63, 3.8) is 0 Å². The van der Waals surface area contributed by atoms with E-state index in [9.17, 15) is 19.8 Å². The normalized spacial score (nSPS) is 19.8. The molecule has 4 rings (SSSR count). The zero-order chi connectivity index (χ0) is 30.8. The molecule has 1 fully saturated rings. The summed E-state index contributed by atoms with van der Waals surface area (Å²) in [5.41, 5.74) is 3.85. The summed E-state index contributed by atoms with van der Waals surface area (Å²) in [7, 11) is 1.97. The molecule has 0 bridgehead atoms. The number of carbonyl (C=O) groups excluding carboxylic acids is 2. The zero-order valence-electron chi connectivity index (χ0n) is 24.8. The Bertz CT molecular complexity index is 1320. The van der Waals surface area contributed by atoms with Gasteiger partial charge in [-0.2, -0.15) is 0 Å². The van der Waals surface area contributed by atoms with E-state index < -0.39 is 24.4 Å². The Kier molecular flexibility index (Phi) is 11.7. The van der Waals surface area contributed by atoms with Gasteiger partial charge < -0.3 is 35.1 Å². The van der Waals surface area contributed by atoms with E-state index in [1.807, 2.05) is 74.6 Å². The molecule has 0 aliphatic carbocycles. The number of benzene rings is 3. The summed E-state index contributed by atoms with van der Waals surface area (Å²) in [6.45, 7) is 4.19. The first kappa shape index (κ1) is 32.1. The van der Waals surface area contributed by atoms with Crippen LogP contribution >= 0.6 is 0 Å². The molecule has 1 aliphatic heterocycles. The summed E-state index contributed by atoms with van der Waals surface area (Å²) < 4.78 is 17.8. The van der Waals surface area contributed by atoms with Gasteiger partial charge in [-0.15, -0.1) is 0 Å². The number of nitrogens with zero attached hydrogens (tertiary/aromatic N) is 1. The number of anilines is 1. The van der Waals surface area contributed by atoms with E-state index in [0.717, 1.165) is 16.7 Å². The number of esters is 1. The SMILES string of the molecule is CCOC(=O)CNC(=O)Nc1cccc([C@H]2O[C@@H](CN(C)[C@H](C)[C@@H](O)c3ccccc3)C[C@@H](c3ccc(CO)cc3)O2)c1. The smallest absolute Gasteiger partial charge is 0.325 e. The summed E-state index contributed by atoms with van der Waals surface area (Å²) in [5, 5.41) is 25.7. The molecule has 10 nitrogen and oxygen atoms in total. The average Bonchev–Trinajstić information content (AvgIpc) is 3.03. The molecular weight excluding hydrogens is 550 g/mol. The minimum absolute atomic E-state index is 0.0419. The summed E-state index contributed by atoms with van der Waals surface area (Å²) in [6.07, 6.45) is -1.33. The lowest BCUT2D eigenvalue weighted by molar-refractivity contribution is -0.253. The van der Waals surface area contributed by atoms with Crippen LogP contribution in [0.3, 0.4) is 0 Å². The number of hydrogen-bond donors (Lipinski definition) is 4. The van der Waals surface area contributed by atoms with Gasteiger partial charge in [-0.1, -0.05) is 66.7 Å². The van der Waals surface area contributed by atoms with E-state index in [1.54, 1.807) is 25.1 Å². The second-order valence-electron chi connectivity index (χ2n) is 10.6. The molecule has 0 saturated carbocycles. The number of urea groups is 1. The van der Waals surface area contributed by atoms with Crippen molar-refractivity contribution in [1.29, 1.82) is 0 Å². The van der Waals surface area contributed by atoms with Crippen LogP contribution in [0.15, 0.2) is 78.9 Å². The molecule has 230 valence electrons. The highest BCUT2D eigenvalue weighted by atomic mass is 16.7. The lowest BCUT2D eigenvalue weighted by Crippen LogP contribution is -2.43. The molecular formula is C33H41N3O7. The van der Waals surface area contributed by atoms with Crippen molar-refractivity contribution in [3.05, 3.63) is 101 Å². The number of likely N-dealkylation sites (N-methyl/N-ethyl adjacent to an activating group) is 1. The van der Waals surface area contributed by atoms with Crippen molar-refractivity contribution in [3.8, 4) is 0 Å². The van der Waals surface area contributed by atoms with Gasteiger partial charge in [0.2, 0.25) is 0 Å². The Morgan fingerprint density at radius 1 is 1.02 bits per heavy atom. The Hall–Kier alpha value is -3.80. The summed E-state index contributed by atoms with van der Waals surface area (Å²) >= 11 is 0. The fraction of sp³-hybridized carbons (Fsp3) is 0.394. The van der Waals surface area contributed by atoms with E-state index in [2.05, 4.69) is 15.5 Å². The Labute approximate surface area is 252 Å². The van der Waals surface area contributed by atoms with Crippen LogP contribution in [0, 0.1) is 0 Å². The number of rotatable bonds is 12. The highest BCUT2D eigenvalue weighted by Crippen LogP contribution is 2.39. The second kappa shape index (κ2) is 15.6. The third kappa shape index (κ3) is 9.09. The summed E-state index contributed by atoms with van der Waals surface area (Å²) in [6, 6.07) is 23.7. The third-order valence-electron chi connectivity index (χ3n) is 7.52. The van der Waals surface area contributed by atoms with Gasteiger partial charge in [0, 0.05) is 30.3 Å². The number of carbonyl (C=O) groups is 2. The van der Waals surface area contributed by atoms with E-state index in [0.29, 0.717) is 24.2 Å². The molecule has 1 aliphatic rings. The Morgan fingerprint density at radius 2 is 1.77 bits per heavy atom. The second-order valence-corrected chi connectivity index (χ2v) is 10.6. The zero-order valence-corrected chi connectivity index (χ0v) is 24.8. The van der Waals surface area contributed by atoms with Crippen molar-refractivity contribution < 1.29 is 34.0 Å². The molecule has 3 aromatic rings. The Morgan fingerprint density at radius 3 is 2.47 bits per heavy atom. The first-order valence-corrected chi connectivity index (χ1v) is 14.5. The maximum absolute atomic E-state index is 12.4. The number of aliphatic hydroxyl groups is 2. The van der Waals surface area contributed by atoms with E-state index in [4.69, 9.17) is 14.2 Å². The predicted molar refractivity (Wildman–Crippen MR) is 162 cm³/mol. The number of aliphatic hydroxyl groups excluding tert-OH is 2. The predicted octanol–water partition coefficient (Wildman–Crippen LogP) is 4.46. The first-order chi connectivity index (χ1) is 20.8. The van der Waals surface area contributed by atoms with Gasteiger partial charge in [0.1, 0.15) is 6.54 Å². The Balaban J connectivity index is 1.49. The third-order valence-corrected chi connectivity index (χ3v) is 7.52. The maximum atomic E-state index is 12.4. The molecule has 0 aromatic heterocycles. The van der Waals surface area contributed by atoms with E-state index >= 15 is 0 Å². The van der Waals surface area contributed by atoms with Crippen LogP contribution in [0.25, 0.3) is 0 Å². The first-order valence-electron chi connectivity index (χ1n) is 14.5. The maximum Gasteiger partial charge on any atom is 0.325 e. The number of ether oxygens (including phenoxy) is 3. The molecule has 10 heteroatoms. The summed E-state index contributed by atoms with van der Waals surface area (Å²) in [5.74, 6) is -0.518. The summed E-state index contributed by atoms with van der Waals surface area (Å²) in [4.78, 5) is 26.0. The van der Waals surface area contributed by atoms with E-state index in [1.165, 1.54) is 0 Å². The van der Waals surface area contributed by atoms with Crippen LogP contribution in [-0.2, 0) is 25.6 Å². The molecule has 1 heterocycles. The lowest BCUT2D eigenvalue weighted by Gasteiger charge is -2.39. The van der Waals surface area contributed by atoms with E-state index in [-0.39, 0.29) is 38.0 Å². The molecule has 3 aromatic carbocycles. The van der Waals surface area contributed by atoms with Crippen molar-refractivity contribution in [2.75, 3.05) is 32.1 Å². The van der Waals surface area contributed by atoms with Gasteiger partial charge in [0.15, 0.2) is 6.29 Å². The topological polar surface area (TPSA) is 130 Å². The van der Waals surface area contributed by atoms with Crippen LogP contribution in [0.5, 0.6) is 0 Å². The van der Waals surface area contributed by atoms with Gasteiger partial charge in [-0.25, -0.2) is 4.79 Å². The minimum atomic E-state index is -0.728. The van der Waals surface area contributed by atoms with Gasteiger partial charge in [-0.3, -0.25) is 9.69 Å². The molecule has 1 saturated heterocycles. The average molecular weight is 592 g/mol. The molecule has 5 atom stereocenters. The highest BCUT2D eigenvalue weighted by Gasteiger charge is 2.34. The number of amides is 2. The fourth-order valence-electron chi connectivity index (χ4n) is 4.99. The van der Waals surface area contributed by atoms with Crippen molar-refractivity contribution >= 4 is 17.7 Å². The largest absolute Gasteiger partial charge is 0.465 e. The van der Waals surface area contributed by atoms with Gasteiger partial charge in [-0.05, 0) is 49.7 Å². The quantitative estimate of drug-likeness (QED) is 0.227. The van der Waals surface area contributed by atoms with Crippen LogP contribution < -0.4 is 10.6 Å². The lowest BCUT2D eigenvalue weighted by atomic mass is 9.98. The van der Waals surface area contributed by atoms with Crippen molar-refractivity contribution in [2.45, 2.75) is 57.5 Å². The number of nitrogens with one attached hydrogen (secondary N) is 2. The van der Waals surface area contributed by atoms with Crippen LogP contribution in [-0.4, -0.2) is 66.0 Å². The van der Waals surface area contributed by atoms with Crippen molar-refractivity contribution in [2.24, 2.45) is 0 Å². The van der Waals surface area contributed by atoms with Gasteiger partial charge in [0.05, 0.1) is 31.5 Å². The highest BCUT2D eigenvalue weighted by molar-refractivity contribution is 5.91. The standard InChI is InChI=1S/C33H41N3O7/c1-4-41-30(38)19-34-33(40)35-27-12-8-11-26(17-27)32-42-28(18-29(43-32)24-15-13-23(21-37)14-16-24)20-36(3)22(2)31(39)25-9-6-5-7-10-25/h5-17,22,28-29,31-32,37,39H,4,18-21H2,1-3H3,(H2,34,35,40)/t22-,28-,29+,31-,32+/m1/s1. The number of hydrogen-bond acceptors (Lipinski definition) is 8. The molecule has 43 heavy (non-hydrogen) atoms. The van der Waals surface area contributed by atoms with Crippen LogP contribution in [0.4, 0.5) is 10.5 Å². The van der Waals surface area contributed by atoms with Crippen LogP contribution in [0.2, 0.25) is 0 Å². The van der Waals surface area contributed by atoms with Crippen LogP contribution in [0.1, 0.15) is 61.0 Å². The van der Waals surface area contributed by atoms with Gasteiger partial charge >= 0.3 is 12.0 Å². The molecule has 4 N–H and O–H groups in total. The molecule has 2 amide bonds. The fourth-order valence-corrected chi connectivity index (χ4v) is 4.99. The van der Waals surface area contributed by atoms with Crippen molar-refractivity contribution in [1.82, 2.24) is 10.2 Å². The molecule has 0 radical (unpaired) electrons. The molecule has 0 unspecified atom stereocenters. The van der Waals surface area contributed by atoms with Gasteiger partial charge in [0.25, 0.3) is 0 Å². The molecule has 0 spiro atoms. The monoisotopic (exact) mass is 591 g/mol. The minimum Gasteiger partial charge on any atom is -0.465 e.